The third kappa shape index (κ3) is 4.38. The van der Waals surface area contributed by atoms with Crippen molar-refractivity contribution in [3.05, 3.63) is 0 Å². The van der Waals surface area contributed by atoms with Gasteiger partial charge in [0.15, 0.2) is 0 Å². The summed E-state index contributed by atoms with van der Waals surface area (Å²) in [6.07, 6.45) is -4.41. The highest BCUT2D eigenvalue weighted by Crippen LogP contribution is 2.69. The summed E-state index contributed by atoms with van der Waals surface area (Å²) >= 11 is 0. The quantitative estimate of drug-likeness (QED) is 0.489. The standard InChI is InChI=1S/C29H49NO4/c1-6-20-24-15-19(32)11-13-29(24,5)23-12-14-28(4)21(8-9-22(28)26(23)27(20)34)17(2)7-10-25(33)30-16-18(3)31/h17,19-24,26-27,32,34H,6-16H2,1-5H3,(H,30,33)/t17-,19+,20-,21-,22?,23?,24+,26?,27?,28-,29-/m1/s1/i11D2,15D2,16D2,19D. The predicted octanol–water partition coefficient (Wildman–Crippen LogP) is 4.73. The first-order valence-electron chi connectivity index (χ1n) is 16.8. The summed E-state index contributed by atoms with van der Waals surface area (Å²) in [6.45, 7) is 6.93. The minimum atomic E-state index is -2.92. The van der Waals surface area contributed by atoms with Crippen molar-refractivity contribution in [1.29, 1.82) is 0 Å². The minimum absolute atomic E-state index is 0.109. The van der Waals surface area contributed by atoms with Crippen LogP contribution in [0.2, 0.25) is 0 Å². The van der Waals surface area contributed by atoms with E-state index in [9.17, 15) is 19.8 Å². The highest BCUT2D eigenvalue weighted by molar-refractivity contribution is 5.84. The maximum atomic E-state index is 12.4. The van der Waals surface area contributed by atoms with Crippen molar-refractivity contribution in [2.45, 2.75) is 111 Å². The molecule has 5 heteroatoms. The fraction of sp³-hybridized carbons (Fsp3) is 0.931. The van der Waals surface area contributed by atoms with Crippen LogP contribution in [0, 0.1) is 52.3 Å². The van der Waals surface area contributed by atoms with Crippen molar-refractivity contribution in [2.75, 3.05) is 6.50 Å². The second-order valence-electron chi connectivity index (χ2n) is 12.2. The fourth-order valence-electron chi connectivity index (χ4n) is 8.86. The lowest BCUT2D eigenvalue weighted by Gasteiger charge is -2.64. The van der Waals surface area contributed by atoms with Crippen LogP contribution < -0.4 is 5.32 Å². The smallest absolute Gasteiger partial charge is 0.220 e. The molecule has 0 aromatic heterocycles. The molecular weight excluding hydrogens is 426 g/mol. The maximum Gasteiger partial charge on any atom is 0.220 e. The van der Waals surface area contributed by atoms with Crippen molar-refractivity contribution in [1.82, 2.24) is 5.32 Å². The Morgan fingerprint density at radius 3 is 2.53 bits per heavy atom. The van der Waals surface area contributed by atoms with Crippen molar-refractivity contribution >= 4 is 11.7 Å². The van der Waals surface area contributed by atoms with Gasteiger partial charge in [-0.2, -0.15) is 0 Å². The molecule has 4 fully saturated rings. The molecule has 0 aromatic carbocycles. The highest BCUT2D eigenvalue weighted by atomic mass is 16.3. The molecule has 0 bridgehead atoms. The Kier molecular flexibility index (Phi) is 5.30. The molecule has 0 heterocycles. The molecule has 4 unspecified atom stereocenters. The molecule has 0 aliphatic heterocycles. The van der Waals surface area contributed by atoms with Gasteiger partial charge in [-0.05, 0) is 110 Å². The summed E-state index contributed by atoms with van der Waals surface area (Å²) in [7, 11) is 0. The minimum Gasteiger partial charge on any atom is -0.393 e. The molecule has 11 atom stereocenters. The van der Waals surface area contributed by atoms with E-state index in [2.05, 4.69) is 19.2 Å². The summed E-state index contributed by atoms with van der Waals surface area (Å²) in [5.74, 6) is -2.33. The fourth-order valence-corrected chi connectivity index (χ4v) is 8.86. The van der Waals surface area contributed by atoms with E-state index in [4.69, 9.17) is 9.60 Å². The van der Waals surface area contributed by atoms with Gasteiger partial charge >= 0.3 is 0 Å². The molecule has 4 saturated carbocycles. The zero-order valence-corrected chi connectivity index (χ0v) is 21.5. The first-order valence-corrected chi connectivity index (χ1v) is 13.3. The Morgan fingerprint density at radius 1 is 1.15 bits per heavy atom. The zero-order valence-electron chi connectivity index (χ0n) is 28.5. The third-order valence-electron chi connectivity index (χ3n) is 10.5. The summed E-state index contributed by atoms with van der Waals surface area (Å²) < 4.78 is 58.8. The molecule has 0 saturated heterocycles. The number of hydrogen-bond donors (Lipinski definition) is 3. The number of Topliss-reactive ketones (excluding diaryl/α,β-unsaturated/α-hetero) is 1. The number of fused-ring (bicyclic) bond motifs is 5. The normalized spacial score (nSPS) is 55.3. The van der Waals surface area contributed by atoms with Crippen molar-refractivity contribution in [3.8, 4) is 0 Å². The molecule has 194 valence electrons. The molecule has 3 N–H and O–H groups in total. The zero-order chi connectivity index (χ0) is 31.1. The van der Waals surface area contributed by atoms with E-state index in [0.29, 0.717) is 19.3 Å². The monoisotopic (exact) mass is 482 g/mol. The van der Waals surface area contributed by atoms with E-state index in [0.717, 1.165) is 26.2 Å². The molecule has 4 aliphatic rings. The van der Waals surface area contributed by atoms with E-state index >= 15 is 0 Å². The average Bonchev–Trinajstić information content (AvgIpc) is 3.19. The number of hydrogen-bond acceptors (Lipinski definition) is 4. The lowest BCUT2D eigenvalue weighted by atomic mass is 9.41. The van der Waals surface area contributed by atoms with Crippen LogP contribution in [0.3, 0.4) is 0 Å². The SMILES string of the molecule is [2H]C([2H])(NC(=O)CC[C@@H](C)[C@H]1CCC2C3C(O)[C@H](CC)[C@@H]4C([2H])([2H])[C@@]([2H])(O)C([2H])([2H])C[C@]4(C)C3CC[C@@]21C)C(C)=O. The van der Waals surface area contributed by atoms with Gasteiger partial charge in [-0.25, -0.2) is 0 Å². The van der Waals surface area contributed by atoms with Crippen LogP contribution in [0.5, 0.6) is 0 Å². The molecule has 0 radical (unpaired) electrons. The van der Waals surface area contributed by atoms with Crippen molar-refractivity contribution in [3.63, 3.8) is 0 Å². The van der Waals surface area contributed by atoms with Gasteiger partial charge in [0.1, 0.15) is 5.78 Å². The molecule has 4 aliphatic carbocycles. The Hall–Kier alpha value is -0.940. The van der Waals surface area contributed by atoms with Crippen LogP contribution in [0.1, 0.15) is 108 Å². The number of aliphatic hydroxyl groups is 2. The number of ketones is 1. The molecule has 5 nitrogen and oxygen atoms in total. The first-order chi connectivity index (χ1) is 18.6. The second-order valence-corrected chi connectivity index (χ2v) is 12.2. The summed E-state index contributed by atoms with van der Waals surface area (Å²) in [5, 5.41) is 25.1. The van der Waals surface area contributed by atoms with Gasteiger partial charge in [0.2, 0.25) is 5.91 Å². The Bertz CT molecular complexity index is 1050. The van der Waals surface area contributed by atoms with E-state index < -0.39 is 60.4 Å². The number of nitrogens with one attached hydrogen (secondary N) is 1. The average molecular weight is 483 g/mol. The topological polar surface area (TPSA) is 86.6 Å². The Morgan fingerprint density at radius 2 is 1.85 bits per heavy atom. The Balaban J connectivity index is 1.59. The molecule has 0 aromatic rings. The maximum absolute atomic E-state index is 12.4. The third-order valence-corrected chi connectivity index (χ3v) is 10.5. The van der Waals surface area contributed by atoms with E-state index in [1.165, 1.54) is 0 Å². The lowest BCUT2D eigenvalue weighted by Crippen LogP contribution is -2.62. The van der Waals surface area contributed by atoms with Crippen LogP contribution in [0.25, 0.3) is 0 Å². The number of carbonyl (C=O) groups is 2. The van der Waals surface area contributed by atoms with Crippen LogP contribution in [-0.4, -0.2) is 40.6 Å². The van der Waals surface area contributed by atoms with Crippen LogP contribution in [-0.2, 0) is 9.59 Å². The van der Waals surface area contributed by atoms with Crippen LogP contribution in [0.15, 0.2) is 0 Å². The van der Waals surface area contributed by atoms with Crippen LogP contribution in [0.4, 0.5) is 0 Å². The molecular formula is C29H49NO4. The molecule has 34 heavy (non-hydrogen) atoms. The number of aliphatic hydroxyl groups excluding tert-OH is 1. The summed E-state index contributed by atoms with van der Waals surface area (Å²) in [4.78, 5) is 23.9. The van der Waals surface area contributed by atoms with Crippen molar-refractivity contribution < 1.29 is 29.4 Å². The molecule has 1 amide bonds. The van der Waals surface area contributed by atoms with Gasteiger partial charge in [0, 0.05) is 11.9 Å². The van der Waals surface area contributed by atoms with Gasteiger partial charge in [-0.1, -0.05) is 34.1 Å². The molecule has 4 rings (SSSR count). The van der Waals surface area contributed by atoms with E-state index in [-0.39, 0.29) is 47.8 Å². The first kappa shape index (κ1) is 18.3. The Labute approximate surface area is 216 Å². The number of rotatable bonds is 7. The molecule has 0 spiro atoms. The predicted molar refractivity (Wildman–Crippen MR) is 134 cm³/mol. The summed E-state index contributed by atoms with van der Waals surface area (Å²) in [6, 6.07) is 0. The van der Waals surface area contributed by atoms with Gasteiger partial charge in [0.05, 0.1) is 22.8 Å². The van der Waals surface area contributed by atoms with Gasteiger partial charge in [-0.15, -0.1) is 0 Å². The number of amides is 1. The van der Waals surface area contributed by atoms with Gasteiger partial charge in [0.25, 0.3) is 0 Å². The number of carbonyl (C=O) groups excluding carboxylic acids is 2. The van der Waals surface area contributed by atoms with Crippen LogP contribution >= 0.6 is 0 Å². The largest absolute Gasteiger partial charge is 0.393 e. The van der Waals surface area contributed by atoms with Crippen molar-refractivity contribution in [2.24, 2.45) is 52.3 Å². The highest BCUT2D eigenvalue weighted by Gasteiger charge is 2.64. The lowest BCUT2D eigenvalue weighted by molar-refractivity contribution is -0.203. The second kappa shape index (κ2) is 9.84. The van der Waals surface area contributed by atoms with E-state index in [1.54, 1.807) is 0 Å². The van der Waals surface area contributed by atoms with Gasteiger partial charge in [-0.3, -0.25) is 9.59 Å². The van der Waals surface area contributed by atoms with E-state index in [1.807, 2.05) is 13.8 Å². The van der Waals surface area contributed by atoms with Gasteiger partial charge < -0.3 is 15.5 Å². The summed E-state index contributed by atoms with van der Waals surface area (Å²) in [5.41, 5.74) is -0.958.